The predicted octanol–water partition coefficient (Wildman–Crippen LogP) is 7.70. The average molecular weight is 639 g/mol. The number of rotatable bonds is 9. The molecule has 0 N–H and O–H groups in total. The molecule has 43 heavy (non-hydrogen) atoms. The van der Waals surface area contributed by atoms with Crippen molar-refractivity contribution >= 4 is 15.6 Å². The maximum absolute atomic E-state index is 14.3. The number of hydrogen-bond acceptors (Lipinski definition) is 4. The van der Waals surface area contributed by atoms with Crippen LogP contribution in [0.4, 0.5) is 39.5 Å². The van der Waals surface area contributed by atoms with E-state index >= 15 is 0 Å². The smallest absolute Gasteiger partial charge is 0.349 e. The highest BCUT2D eigenvalue weighted by molar-refractivity contribution is 7.92. The van der Waals surface area contributed by atoms with Crippen LogP contribution in [0, 0.1) is 23.4 Å². The van der Waals surface area contributed by atoms with Gasteiger partial charge in [-0.3, -0.25) is 0 Å². The Balaban J connectivity index is 1.81. The Labute approximate surface area is 240 Å². The van der Waals surface area contributed by atoms with Gasteiger partial charge in [-0.05, 0) is 67.6 Å². The van der Waals surface area contributed by atoms with Gasteiger partial charge in [0, 0.05) is 17.5 Å². The van der Waals surface area contributed by atoms with Crippen molar-refractivity contribution in [1.82, 2.24) is 0 Å². The van der Waals surface area contributed by atoms with Crippen LogP contribution in [0.25, 0.3) is 0 Å². The van der Waals surface area contributed by atoms with Crippen LogP contribution in [0.5, 0.6) is 0 Å². The molecule has 0 radical (unpaired) electrons. The first-order valence-corrected chi connectivity index (χ1v) is 14.1. The van der Waals surface area contributed by atoms with Gasteiger partial charge in [0.1, 0.15) is 28.0 Å². The lowest BCUT2D eigenvalue weighted by molar-refractivity contribution is -0.392. The first kappa shape index (κ1) is 32.5. The second-order valence-electron chi connectivity index (χ2n) is 10.4. The second kappa shape index (κ2) is 11.3. The third kappa shape index (κ3) is 5.66. The lowest BCUT2D eigenvalue weighted by atomic mass is 9.68. The van der Waals surface area contributed by atoms with Crippen LogP contribution in [-0.2, 0) is 36.3 Å². The highest BCUT2D eigenvalue weighted by Gasteiger charge is 2.73. The number of hydrogen-bond donors (Lipinski definition) is 0. The predicted molar refractivity (Wildman–Crippen MR) is 135 cm³/mol. The van der Waals surface area contributed by atoms with Crippen LogP contribution in [0.1, 0.15) is 42.9 Å². The minimum atomic E-state index is -6.19. The van der Waals surface area contributed by atoms with Gasteiger partial charge in [0.15, 0.2) is 9.84 Å². The summed E-state index contributed by atoms with van der Waals surface area (Å²) in [5.74, 6) is -4.29. The van der Waals surface area contributed by atoms with Crippen LogP contribution in [0.3, 0.4) is 0 Å². The third-order valence-corrected chi connectivity index (χ3v) is 10.1. The summed E-state index contributed by atoms with van der Waals surface area (Å²) in [6.45, 7) is -0.459. The van der Waals surface area contributed by atoms with Crippen molar-refractivity contribution < 1.29 is 57.5 Å². The van der Waals surface area contributed by atoms with Gasteiger partial charge in [0.25, 0.3) is 5.60 Å². The van der Waals surface area contributed by atoms with E-state index in [1.54, 1.807) is 0 Å². The first-order chi connectivity index (χ1) is 19.9. The molecule has 0 aromatic heterocycles. The molecule has 4 nitrogen and oxygen atoms in total. The number of halogens is 9. The fourth-order valence-corrected chi connectivity index (χ4v) is 7.77. The molecule has 14 heteroatoms. The van der Waals surface area contributed by atoms with Gasteiger partial charge in [-0.25, -0.2) is 21.6 Å². The van der Waals surface area contributed by atoms with Crippen LogP contribution in [-0.4, -0.2) is 26.6 Å². The highest BCUT2D eigenvalue weighted by Crippen LogP contribution is 2.57. The zero-order valence-corrected chi connectivity index (χ0v) is 23.0. The number of ketones is 1. The molecule has 3 aromatic rings. The minimum absolute atomic E-state index is 0.00945. The maximum atomic E-state index is 14.3. The van der Waals surface area contributed by atoms with Crippen LogP contribution in [0.2, 0.25) is 0 Å². The average Bonchev–Trinajstić information content (AvgIpc) is 2.86. The molecule has 1 fully saturated rings. The summed E-state index contributed by atoms with van der Waals surface area (Å²) < 4.78 is 157. The van der Waals surface area contributed by atoms with E-state index < -0.39 is 73.6 Å². The van der Waals surface area contributed by atoms with E-state index in [9.17, 15) is 52.7 Å². The molecule has 1 saturated carbocycles. The van der Waals surface area contributed by atoms with Gasteiger partial charge in [0.05, 0.1) is 11.5 Å². The van der Waals surface area contributed by atoms with Gasteiger partial charge in [-0.15, -0.1) is 0 Å². The number of carbonyl (C=O) groups is 1. The SMILES string of the molecule is CC(=O)CC1CC(c2ccc(C(OCc3c(F)cccc3F)(C(F)(F)F)C(F)(F)F)cc2)(S(=O)(=O)c2ccc(F)cc2)C1. The Morgan fingerprint density at radius 2 is 1.35 bits per heavy atom. The van der Waals surface area contributed by atoms with E-state index in [0.717, 1.165) is 42.5 Å². The van der Waals surface area contributed by atoms with Gasteiger partial charge < -0.3 is 9.53 Å². The van der Waals surface area contributed by atoms with Crippen molar-refractivity contribution in [2.45, 2.75) is 60.4 Å². The normalized spacial score (nSPS) is 19.6. The Hall–Kier alpha value is -3.39. The Morgan fingerprint density at radius 1 is 0.837 bits per heavy atom. The minimum Gasteiger partial charge on any atom is -0.349 e. The topological polar surface area (TPSA) is 60.4 Å². The van der Waals surface area contributed by atoms with Crippen molar-refractivity contribution in [3.05, 3.63) is 101 Å². The molecule has 3 aromatic carbocycles. The van der Waals surface area contributed by atoms with Crippen molar-refractivity contribution in [1.29, 1.82) is 0 Å². The third-order valence-electron chi connectivity index (χ3n) is 7.56. The molecule has 0 unspecified atom stereocenters. The van der Waals surface area contributed by atoms with Crippen molar-refractivity contribution in [2.75, 3.05) is 0 Å². The van der Waals surface area contributed by atoms with Gasteiger partial charge in [-0.2, -0.15) is 26.3 Å². The fraction of sp³-hybridized carbons (Fsp3) is 0.345. The molecular weight excluding hydrogens is 615 g/mol. The molecule has 4 rings (SSSR count). The molecule has 0 bridgehead atoms. The van der Waals surface area contributed by atoms with E-state index in [1.165, 1.54) is 6.92 Å². The lowest BCUT2D eigenvalue weighted by Gasteiger charge is -2.47. The fourth-order valence-electron chi connectivity index (χ4n) is 5.47. The molecule has 0 amide bonds. The van der Waals surface area contributed by atoms with Gasteiger partial charge in [-0.1, -0.05) is 30.3 Å². The second-order valence-corrected chi connectivity index (χ2v) is 12.6. The van der Waals surface area contributed by atoms with E-state index in [-0.39, 0.29) is 35.5 Å². The van der Waals surface area contributed by atoms with E-state index in [2.05, 4.69) is 4.74 Å². The van der Waals surface area contributed by atoms with Gasteiger partial charge >= 0.3 is 12.4 Å². The number of carbonyl (C=O) groups excluding carboxylic acids is 1. The van der Waals surface area contributed by atoms with Gasteiger partial charge in [0.2, 0.25) is 0 Å². The monoisotopic (exact) mass is 638 g/mol. The lowest BCUT2D eigenvalue weighted by Crippen LogP contribution is -2.56. The van der Waals surface area contributed by atoms with E-state index in [0.29, 0.717) is 24.3 Å². The zero-order chi connectivity index (χ0) is 32.0. The largest absolute Gasteiger partial charge is 0.430 e. The Kier molecular flexibility index (Phi) is 8.52. The number of ether oxygens (including phenoxy) is 1. The molecular formula is C29H23F9O4S. The standard InChI is InChI=1S/C29H23F9O4S/c1-17(39)13-18-14-26(15-18,43(40,41)22-11-9-21(30)10-12-22)19-5-7-20(8-6-19)27(28(33,34)35,29(36,37)38)42-16-23-24(31)3-2-4-25(23)32/h2-12,18H,13-16H2,1H3. The van der Waals surface area contributed by atoms with Crippen molar-refractivity contribution in [3.8, 4) is 0 Å². The molecule has 0 aliphatic heterocycles. The molecule has 232 valence electrons. The number of Topliss-reactive ketones (excluding diaryl/α,β-unsaturated/α-hetero) is 1. The molecule has 0 saturated heterocycles. The summed E-state index contributed by atoms with van der Waals surface area (Å²) in [5, 5.41) is 0. The molecule has 0 atom stereocenters. The molecule has 1 aliphatic carbocycles. The first-order valence-electron chi connectivity index (χ1n) is 12.7. The summed E-state index contributed by atoms with van der Waals surface area (Å²) >= 11 is 0. The summed E-state index contributed by atoms with van der Waals surface area (Å²) in [5.41, 5.74) is -7.89. The Bertz CT molecular complexity index is 1560. The molecule has 1 aliphatic rings. The molecule has 0 heterocycles. The zero-order valence-electron chi connectivity index (χ0n) is 22.2. The molecule has 0 spiro atoms. The summed E-state index contributed by atoms with van der Waals surface area (Å²) in [6.07, 6.45) is -12.7. The van der Waals surface area contributed by atoms with Crippen molar-refractivity contribution in [2.24, 2.45) is 5.92 Å². The summed E-state index contributed by atoms with van der Waals surface area (Å²) in [4.78, 5) is 11.3. The number of sulfone groups is 1. The quantitative estimate of drug-likeness (QED) is 0.178. The Morgan fingerprint density at radius 3 is 1.81 bits per heavy atom. The summed E-state index contributed by atoms with van der Waals surface area (Å²) in [6, 6.07) is 8.21. The van der Waals surface area contributed by atoms with Crippen molar-refractivity contribution in [3.63, 3.8) is 0 Å². The number of alkyl halides is 6. The van der Waals surface area contributed by atoms with Crippen LogP contribution >= 0.6 is 0 Å². The maximum Gasteiger partial charge on any atom is 0.430 e. The summed E-state index contributed by atoms with van der Waals surface area (Å²) in [7, 11) is -4.40. The highest BCUT2D eigenvalue weighted by atomic mass is 32.2. The van der Waals surface area contributed by atoms with E-state index in [4.69, 9.17) is 0 Å². The van der Waals surface area contributed by atoms with Crippen LogP contribution in [0.15, 0.2) is 71.6 Å². The number of benzene rings is 3. The van der Waals surface area contributed by atoms with E-state index in [1.807, 2.05) is 0 Å². The van der Waals surface area contributed by atoms with Crippen LogP contribution < -0.4 is 0 Å².